The lowest BCUT2D eigenvalue weighted by molar-refractivity contribution is -0.219. The van der Waals surface area contributed by atoms with Crippen molar-refractivity contribution in [2.45, 2.75) is 142 Å². The zero-order valence-corrected chi connectivity index (χ0v) is 27.5. The Balaban J connectivity index is 1.47. The molecule has 242 valence electrons. The third-order valence-electron chi connectivity index (χ3n) is 11.4. The summed E-state index contributed by atoms with van der Waals surface area (Å²) in [5.41, 5.74) is -1.78. The van der Waals surface area contributed by atoms with Crippen molar-refractivity contribution in [1.82, 2.24) is 0 Å². The predicted molar refractivity (Wildman–Crippen MR) is 166 cm³/mol. The van der Waals surface area contributed by atoms with E-state index in [0.29, 0.717) is 17.6 Å². The van der Waals surface area contributed by atoms with Gasteiger partial charge in [0.1, 0.15) is 6.10 Å². The third kappa shape index (κ3) is 6.14. The maximum atomic E-state index is 13.3. The van der Waals surface area contributed by atoms with Gasteiger partial charge in [0.25, 0.3) is 0 Å². The van der Waals surface area contributed by atoms with Gasteiger partial charge in [-0.25, -0.2) is 0 Å². The van der Waals surface area contributed by atoms with E-state index in [-0.39, 0.29) is 30.7 Å². The van der Waals surface area contributed by atoms with E-state index in [0.717, 1.165) is 19.3 Å². The maximum absolute atomic E-state index is 13.3. The van der Waals surface area contributed by atoms with Crippen LogP contribution < -0.4 is 0 Å². The number of Topliss-reactive ketones (excluding diaryl/α,β-unsaturated/α-hetero) is 1. The summed E-state index contributed by atoms with van der Waals surface area (Å²) in [4.78, 5) is 39.0. The topological polar surface area (TPSA) is 110 Å². The number of unbranched alkanes of at least 4 members (excludes halogenated alkanes) is 10. The van der Waals surface area contributed by atoms with Gasteiger partial charge >= 0.3 is 11.9 Å². The van der Waals surface area contributed by atoms with Crippen LogP contribution in [0.4, 0.5) is 0 Å². The fourth-order valence-corrected chi connectivity index (χ4v) is 9.13. The Hall–Kier alpha value is -1.99. The summed E-state index contributed by atoms with van der Waals surface area (Å²) in [6.07, 6.45) is 16.7. The SMILES string of the molecule is CCCCCCCCCCCCCC(=O)O[C@@H]1[C@@H](C)C2(O)C3C=C(C)C(=O)[C@H]3CC(CO)=C[C@H]2C2C(C)(C)C21OC(C)=O. The molecule has 0 aliphatic heterocycles. The Morgan fingerprint density at radius 3 is 2.09 bits per heavy atom. The Bertz CT molecular complexity index is 1100. The highest BCUT2D eigenvalue weighted by molar-refractivity contribution is 6.00. The lowest BCUT2D eigenvalue weighted by Gasteiger charge is -2.52. The molecule has 4 aliphatic carbocycles. The van der Waals surface area contributed by atoms with Gasteiger partial charge in [0.2, 0.25) is 0 Å². The number of aliphatic hydroxyl groups is 2. The Kier molecular flexibility index (Phi) is 10.7. The van der Waals surface area contributed by atoms with Crippen LogP contribution in [0.2, 0.25) is 0 Å². The minimum absolute atomic E-state index is 0.0115. The van der Waals surface area contributed by atoms with Crippen LogP contribution in [0.3, 0.4) is 0 Å². The molecule has 4 aliphatic rings. The van der Waals surface area contributed by atoms with Crippen LogP contribution >= 0.6 is 0 Å². The Labute approximate surface area is 258 Å². The van der Waals surface area contributed by atoms with Gasteiger partial charge in [0.05, 0.1) is 12.2 Å². The largest absolute Gasteiger partial charge is 0.458 e. The van der Waals surface area contributed by atoms with E-state index in [4.69, 9.17) is 9.47 Å². The second-order valence-corrected chi connectivity index (χ2v) is 14.5. The minimum atomic E-state index is -1.42. The minimum Gasteiger partial charge on any atom is -0.458 e. The molecule has 0 amide bonds. The second-order valence-electron chi connectivity index (χ2n) is 14.5. The molecule has 0 bridgehead atoms. The number of fused-ring (bicyclic) bond motifs is 5. The molecule has 2 saturated carbocycles. The van der Waals surface area contributed by atoms with E-state index in [1.54, 1.807) is 6.92 Å². The first-order valence-electron chi connectivity index (χ1n) is 17.0. The smallest absolute Gasteiger partial charge is 0.306 e. The molecule has 7 nitrogen and oxygen atoms in total. The van der Waals surface area contributed by atoms with E-state index >= 15 is 0 Å². The van der Waals surface area contributed by atoms with Crippen molar-refractivity contribution in [3.63, 3.8) is 0 Å². The van der Waals surface area contributed by atoms with Gasteiger partial charge in [-0.15, -0.1) is 0 Å². The molecule has 2 fully saturated rings. The van der Waals surface area contributed by atoms with Crippen molar-refractivity contribution in [1.29, 1.82) is 0 Å². The molecule has 8 atom stereocenters. The second kappa shape index (κ2) is 13.6. The summed E-state index contributed by atoms with van der Waals surface area (Å²) in [5, 5.41) is 23.0. The molecule has 0 aromatic carbocycles. The number of allylic oxidation sites excluding steroid dienone is 1. The first-order valence-corrected chi connectivity index (χ1v) is 17.0. The van der Waals surface area contributed by atoms with E-state index in [1.807, 2.05) is 32.9 Å². The molecular weight excluding hydrogens is 544 g/mol. The van der Waals surface area contributed by atoms with Crippen molar-refractivity contribution >= 4 is 17.7 Å². The van der Waals surface area contributed by atoms with Gasteiger partial charge in [-0.3, -0.25) is 14.4 Å². The fraction of sp³-hybridized carbons (Fsp3) is 0.806. The highest BCUT2D eigenvalue weighted by Crippen LogP contribution is 2.77. The zero-order valence-electron chi connectivity index (χ0n) is 27.5. The van der Waals surface area contributed by atoms with E-state index in [9.17, 15) is 24.6 Å². The van der Waals surface area contributed by atoms with E-state index < -0.39 is 52.4 Å². The summed E-state index contributed by atoms with van der Waals surface area (Å²) in [6, 6.07) is 0. The first-order chi connectivity index (χ1) is 20.4. The molecule has 0 radical (unpaired) electrons. The van der Waals surface area contributed by atoms with Crippen LogP contribution in [-0.2, 0) is 23.9 Å². The zero-order chi connectivity index (χ0) is 31.6. The van der Waals surface area contributed by atoms with Crippen molar-refractivity contribution in [2.24, 2.45) is 35.0 Å². The highest BCUT2D eigenvalue weighted by Gasteiger charge is 2.87. The lowest BCUT2D eigenvalue weighted by atomic mass is 9.60. The van der Waals surface area contributed by atoms with Crippen molar-refractivity contribution in [3.05, 3.63) is 23.3 Å². The number of ketones is 1. The molecule has 0 aromatic rings. The number of ether oxygens (including phenoxy) is 2. The van der Waals surface area contributed by atoms with Gasteiger partial charge in [0, 0.05) is 48.3 Å². The molecule has 2 N–H and O–H groups in total. The summed E-state index contributed by atoms with van der Waals surface area (Å²) in [6.45, 7) is 11.0. The molecule has 0 saturated heterocycles. The maximum Gasteiger partial charge on any atom is 0.306 e. The number of carbonyl (C=O) groups excluding carboxylic acids is 3. The standard InChI is InChI=1S/C36H56O7/c1-7-8-9-10-11-12-13-14-15-16-17-18-30(39)42-33-24(3)35(41)28-19-23(2)31(40)27(28)20-26(22-37)21-29(35)32-34(5,6)36(32,33)43-25(4)38/h19,21,24,27-29,32-33,37,41H,7-18,20,22H2,1-6H3/t24-,27+,28?,29+,32?,33-,35?,36?/m1/s1. The summed E-state index contributed by atoms with van der Waals surface area (Å²) in [5.74, 6) is -3.21. The lowest BCUT2D eigenvalue weighted by Crippen LogP contribution is -2.63. The van der Waals surface area contributed by atoms with Gasteiger partial charge in [-0.1, -0.05) is 104 Å². The molecule has 0 aromatic heterocycles. The van der Waals surface area contributed by atoms with Gasteiger partial charge in [-0.2, -0.15) is 0 Å². The van der Waals surface area contributed by atoms with Crippen LogP contribution in [0, 0.1) is 35.0 Å². The number of aliphatic hydroxyl groups excluding tert-OH is 1. The van der Waals surface area contributed by atoms with Crippen molar-refractivity contribution in [2.75, 3.05) is 6.61 Å². The van der Waals surface area contributed by atoms with Crippen LogP contribution in [0.15, 0.2) is 23.3 Å². The quantitative estimate of drug-likeness (QED) is 0.123. The first kappa shape index (κ1) is 33.9. The predicted octanol–water partition coefficient (Wildman–Crippen LogP) is 6.64. The van der Waals surface area contributed by atoms with E-state index in [1.165, 1.54) is 58.3 Å². The van der Waals surface area contributed by atoms with Crippen LogP contribution in [-0.4, -0.2) is 51.8 Å². The molecular formula is C36H56O7. The number of rotatable bonds is 15. The number of hydrogen-bond acceptors (Lipinski definition) is 7. The third-order valence-corrected chi connectivity index (χ3v) is 11.4. The molecule has 0 spiro atoms. The highest BCUT2D eigenvalue weighted by atomic mass is 16.6. The average molecular weight is 601 g/mol. The molecule has 4 rings (SSSR count). The van der Waals surface area contributed by atoms with Crippen molar-refractivity contribution < 1.29 is 34.1 Å². The fourth-order valence-electron chi connectivity index (χ4n) is 9.13. The van der Waals surface area contributed by atoms with Crippen LogP contribution in [0.1, 0.15) is 125 Å². The normalized spacial score (nSPS) is 35.6. The Morgan fingerprint density at radius 2 is 1.53 bits per heavy atom. The summed E-state index contributed by atoms with van der Waals surface area (Å²) < 4.78 is 12.4. The average Bonchev–Trinajstić information content (AvgIpc) is 3.34. The molecule has 0 heterocycles. The van der Waals surface area contributed by atoms with Crippen LogP contribution in [0.5, 0.6) is 0 Å². The molecule has 43 heavy (non-hydrogen) atoms. The molecule has 7 heteroatoms. The van der Waals surface area contributed by atoms with Gasteiger partial charge < -0.3 is 19.7 Å². The summed E-state index contributed by atoms with van der Waals surface area (Å²) in [7, 11) is 0. The Morgan fingerprint density at radius 1 is 0.953 bits per heavy atom. The number of hydrogen-bond donors (Lipinski definition) is 2. The van der Waals surface area contributed by atoms with Gasteiger partial charge in [0.15, 0.2) is 11.4 Å². The van der Waals surface area contributed by atoms with Gasteiger partial charge in [-0.05, 0) is 30.9 Å². The van der Waals surface area contributed by atoms with Crippen molar-refractivity contribution in [3.8, 4) is 0 Å². The monoisotopic (exact) mass is 600 g/mol. The van der Waals surface area contributed by atoms with E-state index in [2.05, 4.69) is 6.92 Å². The summed E-state index contributed by atoms with van der Waals surface area (Å²) >= 11 is 0. The number of carbonyl (C=O) groups is 3. The number of esters is 2. The molecule has 4 unspecified atom stereocenters. The van der Waals surface area contributed by atoms with Crippen LogP contribution in [0.25, 0.3) is 0 Å².